The van der Waals surface area contributed by atoms with E-state index in [0.717, 1.165) is 18.8 Å². The molecule has 4 aliphatic rings. The maximum atomic E-state index is 12.6. The highest BCUT2D eigenvalue weighted by Gasteiger charge is 2.54. The number of hydrogen-bond acceptors (Lipinski definition) is 2. The van der Waals surface area contributed by atoms with Crippen LogP contribution in [-0.4, -0.2) is 12.1 Å². The third-order valence-corrected chi connectivity index (χ3v) is 7.13. The number of fused-ring (bicyclic) bond motifs is 4. The Morgan fingerprint density at radius 2 is 1.95 bits per heavy atom. The summed E-state index contributed by atoms with van der Waals surface area (Å²) in [6.07, 6.45) is 11.9. The number of allylic oxidation sites excluding steroid dienone is 2. The van der Waals surface area contributed by atoms with Crippen LogP contribution >= 0.6 is 0 Å². The van der Waals surface area contributed by atoms with E-state index in [1.54, 1.807) is 0 Å². The molecule has 0 aromatic carbocycles. The molecule has 2 nitrogen and oxygen atoms in total. The minimum absolute atomic E-state index is 0.104. The molecule has 7 atom stereocenters. The standard InChI is InChI=1S/C18H26O2.C2H6/c1-11-13-4-3-7-18(11,2)16(10-13)20-17(19)15-9-12-5-6-14(15)8-12;1-2/h5-6,11-16H,3-4,7-10H2,1-2H3;1-2H3. The predicted molar refractivity (Wildman–Crippen MR) is 89.3 cm³/mol. The molecule has 0 aliphatic heterocycles. The van der Waals surface area contributed by atoms with Crippen LogP contribution in [0.3, 0.4) is 0 Å². The Hall–Kier alpha value is -0.790. The summed E-state index contributed by atoms with van der Waals surface area (Å²) < 4.78 is 6.06. The molecule has 3 fully saturated rings. The van der Waals surface area contributed by atoms with Gasteiger partial charge >= 0.3 is 5.97 Å². The van der Waals surface area contributed by atoms with Crippen molar-refractivity contribution in [1.29, 1.82) is 0 Å². The second-order valence-electron chi connectivity index (χ2n) is 7.99. The van der Waals surface area contributed by atoms with Gasteiger partial charge in [-0.15, -0.1) is 0 Å². The fraction of sp³-hybridized carbons (Fsp3) is 0.850. The van der Waals surface area contributed by atoms with Crippen molar-refractivity contribution in [1.82, 2.24) is 0 Å². The number of hydrogen-bond donors (Lipinski definition) is 0. The van der Waals surface area contributed by atoms with Crippen molar-refractivity contribution in [3.63, 3.8) is 0 Å². The molecule has 0 amide bonds. The van der Waals surface area contributed by atoms with E-state index in [-0.39, 0.29) is 23.4 Å². The van der Waals surface area contributed by atoms with Gasteiger partial charge in [0.15, 0.2) is 0 Å². The van der Waals surface area contributed by atoms with E-state index < -0.39 is 0 Å². The first kappa shape index (κ1) is 16.1. The van der Waals surface area contributed by atoms with E-state index >= 15 is 0 Å². The van der Waals surface area contributed by atoms with E-state index in [1.165, 1.54) is 25.7 Å². The van der Waals surface area contributed by atoms with Gasteiger partial charge in [-0.1, -0.05) is 52.7 Å². The highest BCUT2D eigenvalue weighted by Crippen LogP contribution is 2.56. The van der Waals surface area contributed by atoms with Crippen molar-refractivity contribution in [2.24, 2.45) is 35.0 Å². The van der Waals surface area contributed by atoms with Gasteiger partial charge in [0.2, 0.25) is 0 Å². The van der Waals surface area contributed by atoms with Gasteiger partial charge in [0.25, 0.3) is 0 Å². The summed E-state index contributed by atoms with van der Waals surface area (Å²) in [5, 5.41) is 0. The average molecular weight is 304 g/mol. The van der Waals surface area contributed by atoms with Crippen LogP contribution in [0.5, 0.6) is 0 Å². The van der Waals surface area contributed by atoms with E-state index in [0.29, 0.717) is 17.8 Å². The molecule has 0 aromatic heterocycles. The Labute approximate surface area is 135 Å². The second-order valence-corrected chi connectivity index (χ2v) is 7.99. The van der Waals surface area contributed by atoms with Crippen molar-refractivity contribution >= 4 is 5.97 Å². The Morgan fingerprint density at radius 1 is 1.18 bits per heavy atom. The van der Waals surface area contributed by atoms with Gasteiger partial charge in [-0.3, -0.25) is 4.79 Å². The first-order chi connectivity index (χ1) is 10.6. The van der Waals surface area contributed by atoms with Crippen molar-refractivity contribution in [3.05, 3.63) is 12.2 Å². The van der Waals surface area contributed by atoms with Gasteiger partial charge in [-0.05, 0) is 49.4 Å². The first-order valence-electron chi connectivity index (χ1n) is 9.47. The molecule has 124 valence electrons. The molecular formula is C20H32O2. The summed E-state index contributed by atoms with van der Waals surface area (Å²) in [6, 6.07) is 0. The van der Waals surface area contributed by atoms with Gasteiger partial charge in [0.1, 0.15) is 6.10 Å². The lowest BCUT2D eigenvalue weighted by atomic mass is 9.69. The number of carbonyl (C=O) groups excluding carboxylic acids is 1. The minimum atomic E-state index is 0.104. The molecule has 0 saturated heterocycles. The fourth-order valence-electron chi connectivity index (χ4n) is 5.54. The van der Waals surface area contributed by atoms with Gasteiger partial charge in [0.05, 0.1) is 5.92 Å². The smallest absolute Gasteiger partial charge is 0.309 e. The Morgan fingerprint density at radius 3 is 2.55 bits per heavy atom. The molecule has 4 rings (SSSR count). The summed E-state index contributed by atoms with van der Waals surface area (Å²) in [5.41, 5.74) is 0.242. The van der Waals surface area contributed by atoms with Crippen LogP contribution in [0.4, 0.5) is 0 Å². The summed E-state index contributed by atoms with van der Waals surface area (Å²) in [6.45, 7) is 8.73. The van der Waals surface area contributed by atoms with Crippen LogP contribution in [0.2, 0.25) is 0 Å². The zero-order valence-corrected chi connectivity index (χ0v) is 14.7. The molecular weight excluding hydrogens is 272 g/mol. The van der Waals surface area contributed by atoms with Crippen molar-refractivity contribution in [2.75, 3.05) is 0 Å². The van der Waals surface area contributed by atoms with E-state index in [1.807, 2.05) is 13.8 Å². The summed E-state index contributed by atoms with van der Waals surface area (Å²) >= 11 is 0. The van der Waals surface area contributed by atoms with Crippen LogP contribution in [-0.2, 0) is 9.53 Å². The quantitative estimate of drug-likeness (QED) is 0.531. The normalized spacial score (nSPS) is 48.0. The van der Waals surface area contributed by atoms with Crippen LogP contribution in [0.25, 0.3) is 0 Å². The van der Waals surface area contributed by atoms with Gasteiger partial charge in [0, 0.05) is 5.41 Å². The highest BCUT2D eigenvalue weighted by molar-refractivity contribution is 5.74. The molecule has 2 heteroatoms. The molecule has 4 bridgehead atoms. The van der Waals surface area contributed by atoms with Crippen molar-refractivity contribution < 1.29 is 9.53 Å². The molecule has 0 aromatic rings. The van der Waals surface area contributed by atoms with Gasteiger partial charge in [-0.25, -0.2) is 0 Å². The van der Waals surface area contributed by atoms with Gasteiger partial charge < -0.3 is 4.74 Å². The summed E-state index contributed by atoms with van der Waals surface area (Å²) in [7, 11) is 0. The van der Waals surface area contributed by atoms with E-state index in [2.05, 4.69) is 26.0 Å². The lowest BCUT2D eigenvalue weighted by molar-refractivity contribution is -0.161. The molecule has 7 unspecified atom stereocenters. The maximum Gasteiger partial charge on any atom is 0.309 e. The Bertz CT molecular complexity index is 455. The van der Waals surface area contributed by atoms with Gasteiger partial charge in [-0.2, -0.15) is 0 Å². The zero-order chi connectivity index (χ0) is 15.9. The summed E-state index contributed by atoms with van der Waals surface area (Å²) in [4.78, 5) is 12.6. The Kier molecular flexibility index (Phi) is 4.40. The SMILES string of the molecule is CC.CC1C2CCCC1(C)C(OC(=O)C1CC3C=CC1C3)C2. The third kappa shape index (κ3) is 2.43. The topological polar surface area (TPSA) is 26.3 Å². The number of rotatable bonds is 2. The zero-order valence-electron chi connectivity index (χ0n) is 14.7. The fourth-order valence-corrected chi connectivity index (χ4v) is 5.54. The van der Waals surface area contributed by atoms with Crippen LogP contribution in [0.1, 0.15) is 66.2 Å². The molecule has 0 N–H and O–H groups in total. The lowest BCUT2D eigenvalue weighted by Gasteiger charge is -2.39. The van der Waals surface area contributed by atoms with Crippen molar-refractivity contribution in [2.45, 2.75) is 72.3 Å². The van der Waals surface area contributed by atoms with E-state index in [4.69, 9.17) is 4.74 Å². The van der Waals surface area contributed by atoms with E-state index in [9.17, 15) is 4.79 Å². The number of ether oxygens (including phenoxy) is 1. The molecule has 22 heavy (non-hydrogen) atoms. The number of carbonyl (C=O) groups is 1. The van der Waals surface area contributed by atoms with Crippen LogP contribution in [0.15, 0.2) is 12.2 Å². The highest BCUT2D eigenvalue weighted by atomic mass is 16.5. The molecule has 0 heterocycles. The lowest BCUT2D eigenvalue weighted by Crippen LogP contribution is -2.38. The predicted octanol–water partition coefficient (Wildman–Crippen LogP) is 4.98. The molecule has 0 radical (unpaired) electrons. The number of esters is 1. The molecule has 3 saturated carbocycles. The van der Waals surface area contributed by atoms with Crippen LogP contribution < -0.4 is 0 Å². The Balaban J connectivity index is 0.000000693. The minimum Gasteiger partial charge on any atom is -0.462 e. The second kappa shape index (κ2) is 6.02. The first-order valence-corrected chi connectivity index (χ1v) is 9.47. The van der Waals surface area contributed by atoms with Crippen LogP contribution in [0, 0.1) is 35.0 Å². The largest absolute Gasteiger partial charge is 0.462 e. The monoisotopic (exact) mass is 304 g/mol. The third-order valence-electron chi connectivity index (χ3n) is 7.13. The average Bonchev–Trinajstić information content (AvgIpc) is 3.17. The molecule has 0 spiro atoms. The molecule has 4 aliphatic carbocycles. The summed E-state index contributed by atoms with van der Waals surface area (Å²) in [5.74, 6) is 2.88. The van der Waals surface area contributed by atoms with Crippen molar-refractivity contribution in [3.8, 4) is 0 Å². The maximum absolute atomic E-state index is 12.6.